The third-order valence-corrected chi connectivity index (χ3v) is 3.91. The fourth-order valence-electron chi connectivity index (χ4n) is 2.32. The van der Waals surface area contributed by atoms with Gasteiger partial charge in [0.2, 0.25) is 0 Å². The van der Waals surface area contributed by atoms with Gasteiger partial charge in [0.25, 0.3) is 0 Å². The SMILES string of the molecule is CCc1[nH]c(C(N)(CC)CC)nc1-c1ccccc1. The zero-order valence-corrected chi connectivity index (χ0v) is 12.0. The zero-order valence-electron chi connectivity index (χ0n) is 12.0. The minimum absolute atomic E-state index is 0.350. The third-order valence-electron chi connectivity index (χ3n) is 3.91. The summed E-state index contributed by atoms with van der Waals surface area (Å²) in [5.74, 6) is 0.910. The maximum atomic E-state index is 6.44. The molecule has 19 heavy (non-hydrogen) atoms. The second-order valence-electron chi connectivity index (χ2n) is 5.00. The maximum Gasteiger partial charge on any atom is 0.127 e. The number of benzene rings is 1. The largest absolute Gasteiger partial charge is 0.344 e. The summed E-state index contributed by atoms with van der Waals surface area (Å²) in [5, 5.41) is 0. The zero-order chi connectivity index (χ0) is 13.9. The van der Waals surface area contributed by atoms with Crippen molar-refractivity contribution in [1.29, 1.82) is 0 Å². The summed E-state index contributed by atoms with van der Waals surface area (Å²) in [4.78, 5) is 8.22. The van der Waals surface area contributed by atoms with Gasteiger partial charge in [-0.05, 0) is 19.3 Å². The Morgan fingerprint density at radius 3 is 2.26 bits per heavy atom. The number of nitrogens with two attached hydrogens (primary N) is 1. The van der Waals surface area contributed by atoms with Gasteiger partial charge in [-0.1, -0.05) is 51.1 Å². The van der Waals surface area contributed by atoms with Gasteiger partial charge in [-0.2, -0.15) is 0 Å². The lowest BCUT2D eigenvalue weighted by molar-refractivity contribution is 0.390. The molecule has 0 saturated carbocycles. The summed E-state index contributed by atoms with van der Waals surface area (Å²) in [6, 6.07) is 10.3. The normalized spacial score (nSPS) is 11.8. The van der Waals surface area contributed by atoms with Gasteiger partial charge in [-0.3, -0.25) is 0 Å². The maximum absolute atomic E-state index is 6.44. The molecule has 0 amide bonds. The molecule has 3 nitrogen and oxygen atoms in total. The lowest BCUT2D eigenvalue weighted by atomic mass is 9.93. The smallest absolute Gasteiger partial charge is 0.127 e. The number of aryl methyl sites for hydroxylation is 1. The summed E-state index contributed by atoms with van der Waals surface area (Å²) in [5.41, 5.74) is 9.44. The van der Waals surface area contributed by atoms with Crippen molar-refractivity contribution >= 4 is 0 Å². The highest BCUT2D eigenvalue weighted by molar-refractivity contribution is 5.62. The van der Waals surface area contributed by atoms with Crippen molar-refractivity contribution < 1.29 is 0 Å². The Morgan fingerprint density at radius 1 is 1.11 bits per heavy atom. The fourth-order valence-corrected chi connectivity index (χ4v) is 2.32. The molecule has 102 valence electrons. The van der Waals surface area contributed by atoms with Gasteiger partial charge in [0, 0.05) is 11.3 Å². The van der Waals surface area contributed by atoms with E-state index >= 15 is 0 Å². The van der Waals surface area contributed by atoms with Gasteiger partial charge >= 0.3 is 0 Å². The number of imidazole rings is 1. The Hall–Kier alpha value is -1.61. The first kappa shape index (κ1) is 13.8. The Morgan fingerprint density at radius 2 is 1.74 bits per heavy atom. The van der Waals surface area contributed by atoms with Crippen molar-refractivity contribution in [3.05, 3.63) is 41.9 Å². The second-order valence-corrected chi connectivity index (χ2v) is 5.00. The molecule has 1 aromatic heterocycles. The standard InChI is InChI=1S/C16H23N3/c1-4-13-14(12-10-8-7-9-11-12)19-15(18-13)16(17,5-2)6-3/h7-11H,4-6,17H2,1-3H3,(H,18,19). The average molecular weight is 257 g/mol. The highest BCUT2D eigenvalue weighted by Gasteiger charge is 2.27. The summed E-state index contributed by atoms with van der Waals surface area (Å²) >= 11 is 0. The molecule has 2 aromatic rings. The highest BCUT2D eigenvalue weighted by Crippen LogP contribution is 2.28. The van der Waals surface area contributed by atoms with Crippen LogP contribution in [0.2, 0.25) is 0 Å². The quantitative estimate of drug-likeness (QED) is 0.859. The minimum Gasteiger partial charge on any atom is -0.344 e. The lowest BCUT2D eigenvalue weighted by Crippen LogP contribution is -2.36. The van der Waals surface area contributed by atoms with Gasteiger partial charge in [-0.15, -0.1) is 0 Å². The van der Waals surface area contributed by atoms with Crippen molar-refractivity contribution in [2.45, 2.75) is 45.6 Å². The molecule has 0 aliphatic carbocycles. The van der Waals surface area contributed by atoms with Crippen molar-refractivity contribution in [3.8, 4) is 11.3 Å². The number of hydrogen-bond acceptors (Lipinski definition) is 2. The van der Waals surface area contributed by atoms with Gasteiger partial charge in [0.1, 0.15) is 5.82 Å². The van der Waals surface area contributed by atoms with Crippen LogP contribution in [0.5, 0.6) is 0 Å². The average Bonchev–Trinajstić information content (AvgIpc) is 2.92. The first-order valence-corrected chi connectivity index (χ1v) is 7.08. The Bertz CT molecular complexity index is 524. The predicted molar refractivity (Wildman–Crippen MR) is 79.8 cm³/mol. The monoisotopic (exact) mass is 257 g/mol. The van der Waals surface area contributed by atoms with E-state index in [1.54, 1.807) is 0 Å². The first-order valence-electron chi connectivity index (χ1n) is 7.08. The molecule has 0 radical (unpaired) electrons. The molecule has 1 heterocycles. The molecule has 2 rings (SSSR count). The molecule has 0 aliphatic heterocycles. The summed E-state index contributed by atoms with van der Waals surface area (Å²) in [7, 11) is 0. The van der Waals surface area contributed by atoms with E-state index in [1.807, 2.05) is 18.2 Å². The predicted octanol–water partition coefficient (Wildman–Crippen LogP) is 3.61. The Labute approximate surface area is 115 Å². The van der Waals surface area contributed by atoms with Crippen molar-refractivity contribution in [1.82, 2.24) is 9.97 Å². The lowest BCUT2D eigenvalue weighted by Gasteiger charge is -2.23. The summed E-state index contributed by atoms with van der Waals surface area (Å²) in [6.07, 6.45) is 2.70. The van der Waals surface area contributed by atoms with Crippen molar-refractivity contribution in [2.24, 2.45) is 5.73 Å². The summed E-state index contributed by atoms with van der Waals surface area (Å²) in [6.45, 7) is 6.36. The van der Waals surface area contributed by atoms with E-state index in [1.165, 1.54) is 0 Å². The van der Waals surface area contributed by atoms with Crippen LogP contribution in [0.25, 0.3) is 11.3 Å². The number of hydrogen-bond donors (Lipinski definition) is 2. The number of nitrogens with one attached hydrogen (secondary N) is 1. The van der Waals surface area contributed by atoms with Crippen LogP contribution in [0.3, 0.4) is 0 Å². The molecule has 0 saturated heterocycles. The molecule has 0 fully saturated rings. The minimum atomic E-state index is -0.350. The number of rotatable bonds is 5. The van der Waals surface area contributed by atoms with Crippen molar-refractivity contribution in [2.75, 3.05) is 0 Å². The molecule has 1 aromatic carbocycles. The highest BCUT2D eigenvalue weighted by atomic mass is 15.0. The van der Waals surface area contributed by atoms with E-state index in [9.17, 15) is 0 Å². The molecule has 0 bridgehead atoms. The van der Waals surface area contributed by atoms with Gasteiger partial charge in [-0.25, -0.2) is 4.98 Å². The van der Waals surface area contributed by atoms with Crippen LogP contribution in [-0.4, -0.2) is 9.97 Å². The van der Waals surface area contributed by atoms with Gasteiger partial charge < -0.3 is 10.7 Å². The van der Waals surface area contributed by atoms with Crippen LogP contribution in [0.15, 0.2) is 30.3 Å². The van der Waals surface area contributed by atoms with E-state index in [0.29, 0.717) is 0 Å². The first-order chi connectivity index (χ1) is 9.14. The number of aromatic nitrogens is 2. The van der Waals surface area contributed by atoms with Crippen molar-refractivity contribution in [3.63, 3.8) is 0 Å². The molecule has 0 unspecified atom stereocenters. The van der Waals surface area contributed by atoms with Gasteiger partial charge in [0.05, 0.1) is 11.2 Å². The van der Waals surface area contributed by atoms with E-state index in [0.717, 1.165) is 42.0 Å². The topological polar surface area (TPSA) is 54.7 Å². The Balaban J connectivity index is 2.49. The molecule has 0 aliphatic rings. The molecule has 3 heteroatoms. The fraction of sp³-hybridized carbons (Fsp3) is 0.438. The summed E-state index contributed by atoms with van der Waals surface area (Å²) < 4.78 is 0. The van der Waals surface area contributed by atoms with Crippen LogP contribution >= 0.6 is 0 Å². The van der Waals surface area contributed by atoms with Gasteiger partial charge in [0.15, 0.2) is 0 Å². The van der Waals surface area contributed by atoms with E-state index < -0.39 is 0 Å². The second kappa shape index (κ2) is 5.57. The molecule has 0 spiro atoms. The third kappa shape index (κ3) is 2.56. The number of aromatic amines is 1. The molecular formula is C16H23N3. The van der Waals surface area contributed by atoms with Crippen LogP contribution in [0.1, 0.15) is 45.1 Å². The molecule has 0 atom stereocenters. The van der Waals surface area contributed by atoms with E-state index in [2.05, 4.69) is 37.9 Å². The van der Waals surface area contributed by atoms with Crippen LogP contribution in [0, 0.1) is 0 Å². The van der Waals surface area contributed by atoms with E-state index in [-0.39, 0.29) is 5.54 Å². The number of nitrogens with zero attached hydrogens (tertiary/aromatic N) is 1. The van der Waals surface area contributed by atoms with E-state index in [4.69, 9.17) is 10.7 Å². The molecule has 3 N–H and O–H groups in total. The van der Waals surface area contributed by atoms with Crippen LogP contribution in [-0.2, 0) is 12.0 Å². The Kier molecular flexibility index (Phi) is 4.05. The number of H-pyrrole nitrogens is 1. The van der Waals surface area contributed by atoms with Crippen LogP contribution < -0.4 is 5.73 Å². The molecular weight excluding hydrogens is 234 g/mol. The van der Waals surface area contributed by atoms with Crippen LogP contribution in [0.4, 0.5) is 0 Å².